The van der Waals surface area contributed by atoms with E-state index in [2.05, 4.69) is 35.5 Å². The monoisotopic (exact) mass is 362 g/mol. The van der Waals surface area contributed by atoms with Gasteiger partial charge in [-0.1, -0.05) is 37.6 Å². The number of nitrogens with zero attached hydrogens (tertiary/aromatic N) is 2. The highest BCUT2D eigenvalue weighted by molar-refractivity contribution is 6.30. The van der Waals surface area contributed by atoms with Gasteiger partial charge in [0.05, 0.1) is 19.5 Å². The Hall–Kier alpha value is -1.36. The second kappa shape index (κ2) is 7.90. The standard InChI is InChI=1S/C20H27ClN2O2/c1-3-19(4-2)14-24-20(25-15-19,9-11-23-12-10-22-16-23)13-17-5-7-18(21)8-6-17/h5-8,10,12,16H,3-4,9,11,13-15H2,1-2H3. The van der Waals surface area contributed by atoms with Crippen LogP contribution in [0.25, 0.3) is 0 Å². The van der Waals surface area contributed by atoms with Crippen molar-refractivity contribution in [2.45, 2.75) is 51.9 Å². The number of aryl methyl sites for hydroxylation is 1. The fourth-order valence-electron chi connectivity index (χ4n) is 3.28. The van der Waals surface area contributed by atoms with Crippen LogP contribution in [0, 0.1) is 5.41 Å². The van der Waals surface area contributed by atoms with Crippen molar-refractivity contribution in [1.82, 2.24) is 9.55 Å². The maximum Gasteiger partial charge on any atom is 0.174 e. The van der Waals surface area contributed by atoms with Crippen molar-refractivity contribution >= 4 is 11.6 Å². The highest BCUT2D eigenvalue weighted by Gasteiger charge is 2.43. The van der Waals surface area contributed by atoms with Gasteiger partial charge >= 0.3 is 0 Å². The van der Waals surface area contributed by atoms with Gasteiger partial charge in [-0.2, -0.15) is 0 Å². The molecule has 1 aromatic heterocycles. The molecule has 1 saturated heterocycles. The third-order valence-electron chi connectivity index (χ3n) is 5.48. The van der Waals surface area contributed by atoms with Crippen molar-refractivity contribution in [2.24, 2.45) is 5.41 Å². The summed E-state index contributed by atoms with van der Waals surface area (Å²) in [5.74, 6) is -0.591. The zero-order valence-corrected chi connectivity index (χ0v) is 15.8. The maximum atomic E-state index is 6.41. The summed E-state index contributed by atoms with van der Waals surface area (Å²) in [5.41, 5.74) is 1.31. The average Bonchev–Trinajstić information content (AvgIpc) is 3.17. The van der Waals surface area contributed by atoms with Crippen LogP contribution in [-0.2, 0) is 22.4 Å². The smallest absolute Gasteiger partial charge is 0.174 e. The van der Waals surface area contributed by atoms with Crippen LogP contribution in [0.15, 0.2) is 43.0 Å². The normalized spacial score (nSPS) is 19.0. The number of ether oxygens (including phenoxy) is 2. The minimum Gasteiger partial charge on any atom is -0.349 e. The van der Waals surface area contributed by atoms with Crippen LogP contribution in [-0.4, -0.2) is 28.6 Å². The fourth-order valence-corrected chi connectivity index (χ4v) is 3.40. The first-order valence-electron chi connectivity index (χ1n) is 9.07. The summed E-state index contributed by atoms with van der Waals surface area (Å²) in [5, 5.41) is 0.748. The van der Waals surface area contributed by atoms with Crippen molar-refractivity contribution in [3.8, 4) is 0 Å². The molecule has 0 aliphatic carbocycles. The minimum absolute atomic E-state index is 0.137. The molecule has 1 aromatic carbocycles. The van der Waals surface area contributed by atoms with E-state index in [9.17, 15) is 0 Å². The molecule has 5 heteroatoms. The first-order valence-corrected chi connectivity index (χ1v) is 9.45. The molecule has 0 bridgehead atoms. The van der Waals surface area contributed by atoms with Crippen LogP contribution in [0.3, 0.4) is 0 Å². The van der Waals surface area contributed by atoms with E-state index in [1.165, 1.54) is 5.56 Å². The van der Waals surface area contributed by atoms with Gasteiger partial charge in [0.2, 0.25) is 0 Å². The molecule has 1 aliphatic heterocycles. The molecule has 2 aromatic rings. The van der Waals surface area contributed by atoms with Gasteiger partial charge in [0.1, 0.15) is 0 Å². The SMILES string of the molecule is CCC1(CC)COC(CCn2ccnc2)(Cc2ccc(Cl)cc2)OC1. The van der Waals surface area contributed by atoms with E-state index in [4.69, 9.17) is 21.1 Å². The second-order valence-electron chi connectivity index (χ2n) is 7.05. The first kappa shape index (κ1) is 18.4. The Labute approximate surface area is 155 Å². The lowest BCUT2D eigenvalue weighted by Crippen LogP contribution is -2.51. The molecule has 0 spiro atoms. The predicted octanol–water partition coefficient (Wildman–Crippen LogP) is 4.72. The van der Waals surface area contributed by atoms with Crippen LogP contribution in [0.1, 0.15) is 38.7 Å². The van der Waals surface area contributed by atoms with Gasteiger partial charge in [0.15, 0.2) is 5.79 Å². The molecule has 0 saturated carbocycles. The van der Waals surface area contributed by atoms with E-state index in [1.807, 2.05) is 24.7 Å². The number of hydrogen-bond donors (Lipinski definition) is 0. The van der Waals surface area contributed by atoms with Gasteiger partial charge in [-0.15, -0.1) is 0 Å². The van der Waals surface area contributed by atoms with E-state index in [0.717, 1.165) is 50.5 Å². The summed E-state index contributed by atoms with van der Waals surface area (Å²) in [6.45, 7) is 6.75. The number of aromatic nitrogens is 2. The Bertz CT molecular complexity index is 641. The van der Waals surface area contributed by atoms with Crippen LogP contribution in [0.4, 0.5) is 0 Å². The minimum atomic E-state index is -0.591. The van der Waals surface area contributed by atoms with Gasteiger partial charge in [0, 0.05) is 42.2 Å². The Balaban J connectivity index is 1.75. The molecule has 0 atom stereocenters. The molecule has 0 radical (unpaired) electrons. The molecule has 25 heavy (non-hydrogen) atoms. The number of hydrogen-bond acceptors (Lipinski definition) is 3. The molecule has 2 heterocycles. The van der Waals surface area contributed by atoms with Crippen molar-refractivity contribution in [3.05, 3.63) is 53.6 Å². The Morgan fingerprint density at radius 1 is 1.12 bits per heavy atom. The summed E-state index contributed by atoms with van der Waals surface area (Å²) in [6.07, 6.45) is 9.26. The lowest BCUT2D eigenvalue weighted by atomic mass is 9.82. The van der Waals surface area contributed by atoms with Crippen molar-refractivity contribution in [2.75, 3.05) is 13.2 Å². The van der Waals surface area contributed by atoms with E-state index in [0.29, 0.717) is 0 Å². The van der Waals surface area contributed by atoms with Gasteiger partial charge in [0.25, 0.3) is 0 Å². The molecule has 1 aliphatic rings. The third kappa shape index (κ3) is 4.43. The lowest BCUT2D eigenvalue weighted by Gasteiger charge is -2.46. The number of imidazole rings is 1. The molecule has 0 N–H and O–H groups in total. The van der Waals surface area contributed by atoms with E-state index >= 15 is 0 Å². The fraction of sp³-hybridized carbons (Fsp3) is 0.550. The van der Waals surface area contributed by atoms with Crippen LogP contribution in [0.2, 0.25) is 5.02 Å². The van der Waals surface area contributed by atoms with Crippen LogP contribution in [0.5, 0.6) is 0 Å². The van der Waals surface area contributed by atoms with Gasteiger partial charge in [-0.3, -0.25) is 0 Å². The number of halogens is 1. The van der Waals surface area contributed by atoms with Crippen LogP contribution >= 0.6 is 11.6 Å². The zero-order chi connectivity index (χ0) is 17.8. The van der Waals surface area contributed by atoms with Gasteiger partial charge < -0.3 is 14.0 Å². The summed E-state index contributed by atoms with van der Waals surface area (Å²) in [4.78, 5) is 4.12. The first-order chi connectivity index (χ1) is 12.1. The number of rotatable bonds is 7. The van der Waals surface area contributed by atoms with Crippen LogP contribution < -0.4 is 0 Å². The summed E-state index contributed by atoms with van der Waals surface area (Å²) in [6, 6.07) is 7.95. The largest absolute Gasteiger partial charge is 0.349 e. The Morgan fingerprint density at radius 2 is 1.80 bits per heavy atom. The van der Waals surface area contributed by atoms with E-state index in [-0.39, 0.29) is 5.41 Å². The lowest BCUT2D eigenvalue weighted by molar-refractivity contribution is -0.308. The van der Waals surface area contributed by atoms with Gasteiger partial charge in [-0.25, -0.2) is 4.98 Å². The predicted molar refractivity (Wildman–Crippen MR) is 99.7 cm³/mol. The zero-order valence-electron chi connectivity index (χ0n) is 15.1. The summed E-state index contributed by atoms with van der Waals surface area (Å²) in [7, 11) is 0. The second-order valence-corrected chi connectivity index (χ2v) is 7.49. The molecule has 0 amide bonds. The molecular formula is C20H27ClN2O2. The Morgan fingerprint density at radius 3 is 2.36 bits per heavy atom. The molecular weight excluding hydrogens is 336 g/mol. The third-order valence-corrected chi connectivity index (χ3v) is 5.73. The molecule has 3 rings (SSSR count). The molecule has 136 valence electrons. The van der Waals surface area contributed by atoms with Crippen molar-refractivity contribution in [1.29, 1.82) is 0 Å². The highest BCUT2D eigenvalue weighted by Crippen LogP contribution is 2.38. The maximum absolute atomic E-state index is 6.41. The summed E-state index contributed by atoms with van der Waals surface area (Å²) < 4.78 is 14.9. The summed E-state index contributed by atoms with van der Waals surface area (Å²) >= 11 is 6.02. The van der Waals surface area contributed by atoms with E-state index < -0.39 is 5.79 Å². The van der Waals surface area contributed by atoms with E-state index in [1.54, 1.807) is 6.20 Å². The molecule has 4 nitrogen and oxygen atoms in total. The highest BCUT2D eigenvalue weighted by atomic mass is 35.5. The van der Waals surface area contributed by atoms with Gasteiger partial charge in [-0.05, 0) is 30.5 Å². The molecule has 1 fully saturated rings. The topological polar surface area (TPSA) is 36.3 Å². The Kier molecular flexibility index (Phi) is 5.82. The van der Waals surface area contributed by atoms with Crippen molar-refractivity contribution < 1.29 is 9.47 Å². The average molecular weight is 363 g/mol. The van der Waals surface area contributed by atoms with Crippen molar-refractivity contribution in [3.63, 3.8) is 0 Å². The number of benzene rings is 1. The molecule has 0 unspecified atom stereocenters. The quantitative estimate of drug-likeness (QED) is 0.715.